The van der Waals surface area contributed by atoms with Crippen molar-refractivity contribution in [2.24, 2.45) is 0 Å². The fourth-order valence-electron chi connectivity index (χ4n) is 3.92. The molecule has 0 aromatic heterocycles. The predicted molar refractivity (Wildman–Crippen MR) is 114 cm³/mol. The molecule has 1 heteroatoms. The lowest BCUT2D eigenvalue weighted by Gasteiger charge is -2.36. The number of nitrogens with two attached hydrogens (primary N) is 1. The monoisotopic (exact) mass is 349 g/mol. The number of hydrogen-bond acceptors (Lipinski definition) is 1. The molecule has 0 bridgehead atoms. The molecule has 0 aliphatic rings. The first-order valence-electron chi connectivity index (χ1n) is 9.30. The summed E-state index contributed by atoms with van der Waals surface area (Å²) in [5, 5.41) is 0. The lowest BCUT2D eigenvalue weighted by atomic mass is 9.66. The molecule has 4 rings (SSSR count). The molecule has 0 amide bonds. The second-order valence-electron chi connectivity index (χ2n) is 6.92. The van der Waals surface area contributed by atoms with Gasteiger partial charge in [0, 0.05) is 11.1 Å². The molecule has 4 aromatic rings. The van der Waals surface area contributed by atoms with Gasteiger partial charge in [-0.15, -0.1) is 0 Å². The van der Waals surface area contributed by atoms with Crippen molar-refractivity contribution in [2.45, 2.75) is 11.8 Å². The molecule has 0 aliphatic carbocycles. The number of nitrogen functional groups attached to an aromatic ring is 1. The summed E-state index contributed by atoms with van der Waals surface area (Å²) >= 11 is 0. The first-order valence-corrected chi connectivity index (χ1v) is 9.30. The molecule has 4 aromatic carbocycles. The summed E-state index contributed by atoms with van der Waals surface area (Å²) in [6.45, 7) is 0. The highest BCUT2D eigenvalue weighted by Gasteiger charge is 2.36. The molecule has 0 aliphatic heterocycles. The van der Waals surface area contributed by atoms with Gasteiger partial charge in [0.2, 0.25) is 0 Å². The van der Waals surface area contributed by atoms with Crippen LogP contribution in [0, 0.1) is 0 Å². The summed E-state index contributed by atoms with van der Waals surface area (Å²) in [4.78, 5) is 0. The van der Waals surface area contributed by atoms with E-state index in [2.05, 4.69) is 103 Å². The zero-order valence-corrected chi connectivity index (χ0v) is 15.3. The molecule has 0 unspecified atom stereocenters. The van der Waals surface area contributed by atoms with Crippen LogP contribution in [-0.2, 0) is 11.8 Å². The summed E-state index contributed by atoms with van der Waals surface area (Å²) in [5.41, 5.74) is 11.6. The van der Waals surface area contributed by atoms with Gasteiger partial charge in [-0.3, -0.25) is 0 Å². The van der Waals surface area contributed by atoms with Crippen molar-refractivity contribution < 1.29 is 0 Å². The fourth-order valence-corrected chi connectivity index (χ4v) is 3.92. The van der Waals surface area contributed by atoms with E-state index < -0.39 is 0 Å². The third-order valence-electron chi connectivity index (χ3n) is 5.25. The minimum Gasteiger partial charge on any atom is -0.399 e. The van der Waals surface area contributed by atoms with Crippen molar-refractivity contribution in [3.05, 3.63) is 138 Å². The smallest absolute Gasteiger partial charge is 0.0491 e. The van der Waals surface area contributed by atoms with Crippen LogP contribution in [-0.4, -0.2) is 0 Å². The van der Waals surface area contributed by atoms with Crippen molar-refractivity contribution in [1.82, 2.24) is 0 Å². The van der Waals surface area contributed by atoms with Gasteiger partial charge in [-0.05, 0) is 40.8 Å². The van der Waals surface area contributed by atoms with E-state index in [-0.39, 0.29) is 5.41 Å². The first kappa shape index (κ1) is 17.1. The molecule has 1 nitrogen and oxygen atoms in total. The molecule has 0 saturated heterocycles. The third kappa shape index (κ3) is 3.37. The van der Waals surface area contributed by atoms with Crippen LogP contribution in [0.4, 0.5) is 5.69 Å². The van der Waals surface area contributed by atoms with E-state index >= 15 is 0 Å². The molecule has 132 valence electrons. The Hall–Kier alpha value is -3.32. The molecular weight excluding hydrogens is 326 g/mol. The highest BCUT2D eigenvalue weighted by Crippen LogP contribution is 2.42. The summed E-state index contributed by atoms with van der Waals surface area (Å²) in [6, 6.07) is 40.6. The van der Waals surface area contributed by atoms with E-state index in [0.717, 1.165) is 12.1 Å². The standard InChI is InChI=1S/C26H23N/c27-25-18-16-21(17-19-25)20-26(22-10-4-1-5-11-22,23-12-6-2-7-13-23)24-14-8-3-9-15-24/h1-19H,20,27H2. The van der Waals surface area contributed by atoms with Gasteiger partial charge in [-0.25, -0.2) is 0 Å². The Balaban J connectivity index is 1.98. The van der Waals surface area contributed by atoms with Gasteiger partial charge in [0.1, 0.15) is 0 Å². The van der Waals surface area contributed by atoms with Crippen LogP contribution in [0.5, 0.6) is 0 Å². The van der Waals surface area contributed by atoms with Crippen LogP contribution in [0.25, 0.3) is 0 Å². The molecular formula is C26H23N. The van der Waals surface area contributed by atoms with Gasteiger partial charge in [-0.2, -0.15) is 0 Å². The zero-order valence-electron chi connectivity index (χ0n) is 15.3. The summed E-state index contributed by atoms with van der Waals surface area (Å²) < 4.78 is 0. The Bertz CT molecular complexity index is 878. The van der Waals surface area contributed by atoms with Crippen LogP contribution < -0.4 is 5.73 Å². The van der Waals surface area contributed by atoms with Crippen molar-refractivity contribution >= 4 is 5.69 Å². The first-order chi connectivity index (χ1) is 13.3. The predicted octanol–water partition coefficient (Wildman–Crippen LogP) is 5.85. The largest absolute Gasteiger partial charge is 0.399 e. The van der Waals surface area contributed by atoms with Crippen LogP contribution in [0.2, 0.25) is 0 Å². The van der Waals surface area contributed by atoms with E-state index in [1.165, 1.54) is 22.3 Å². The summed E-state index contributed by atoms with van der Waals surface area (Å²) in [6.07, 6.45) is 0.866. The average Bonchev–Trinajstić information content (AvgIpc) is 2.75. The molecule has 2 N–H and O–H groups in total. The highest BCUT2D eigenvalue weighted by atomic mass is 14.5. The zero-order chi connectivity index (χ0) is 18.5. The Morgan fingerprint density at radius 3 is 1.22 bits per heavy atom. The Morgan fingerprint density at radius 2 is 0.852 bits per heavy atom. The van der Waals surface area contributed by atoms with E-state index in [9.17, 15) is 0 Å². The van der Waals surface area contributed by atoms with Gasteiger partial charge in [0.25, 0.3) is 0 Å². The fraction of sp³-hybridized carbons (Fsp3) is 0.0769. The Kier molecular flexibility index (Phi) is 4.76. The van der Waals surface area contributed by atoms with Crippen molar-refractivity contribution in [2.75, 3.05) is 5.73 Å². The van der Waals surface area contributed by atoms with E-state index in [4.69, 9.17) is 5.73 Å². The lowest BCUT2D eigenvalue weighted by molar-refractivity contribution is 0.613. The molecule has 27 heavy (non-hydrogen) atoms. The minimum atomic E-state index is -0.264. The number of rotatable bonds is 5. The quantitative estimate of drug-likeness (QED) is 0.355. The van der Waals surface area contributed by atoms with Crippen molar-refractivity contribution in [3.63, 3.8) is 0 Å². The van der Waals surface area contributed by atoms with Gasteiger partial charge in [0.05, 0.1) is 0 Å². The maximum atomic E-state index is 5.92. The van der Waals surface area contributed by atoms with Gasteiger partial charge in [0.15, 0.2) is 0 Å². The van der Waals surface area contributed by atoms with E-state index in [0.29, 0.717) is 0 Å². The van der Waals surface area contributed by atoms with Crippen LogP contribution in [0.1, 0.15) is 22.3 Å². The Labute approximate surface area is 161 Å². The van der Waals surface area contributed by atoms with E-state index in [1.807, 2.05) is 12.1 Å². The summed E-state index contributed by atoms with van der Waals surface area (Å²) in [7, 11) is 0. The number of anilines is 1. The normalized spacial score (nSPS) is 11.3. The molecule has 0 spiro atoms. The molecule has 0 heterocycles. The van der Waals surface area contributed by atoms with Gasteiger partial charge in [-0.1, -0.05) is 103 Å². The molecule has 0 fully saturated rings. The number of benzene rings is 4. The molecule has 0 atom stereocenters. The third-order valence-corrected chi connectivity index (χ3v) is 5.25. The average molecular weight is 349 g/mol. The maximum Gasteiger partial charge on any atom is 0.0491 e. The molecule has 0 saturated carbocycles. The van der Waals surface area contributed by atoms with Crippen LogP contribution in [0.15, 0.2) is 115 Å². The van der Waals surface area contributed by atoms with E-state index in [1.54, 1.807) is 0 Å². The van der Waals surface area contributed by atoms with Crippen LogP contribution >= 0.6 is 0 Å². The summed E-state index contributed by atoms with van der Waals surface area (Å²) in [5.74, 6) is 0. The van der Waals surface area contributed by atoms with Crippen LogP contribution in [0.3, 0.4) is 0 Å². The van der Waals surface area contributed by atoms with Crippen molar-refractivity contribution in [1.29, 1.82) is 0 Å². The topological polar surface area (TPSA) is 26.0 Å². The maximum absolute atomic E-state index is 5.92. The van der Waals surface area contributed by atoms with Gasteiger partial charge < -0.3 is 5.73 Å². The SMILES string of the molecule is Nc1ccc(CC(c2ccccc2)(c2ccccc2)c2ccccc2)cc1. The minimum absolute atomic E-state index is 0.264. The van der Waals surface area contributed by atoms with Gasteiger partial charge >= 0.3 is 0 Å². The van der Waals surface area contributed by atoms with Crippen molar-refractivity contribution in [3.8, 4) is 0 Å². The lowest BCUT2D eigenvalue weighted by Crippen LogP contribution is -2.32. The molecule has 0 radical (unpaired) electrons. The second-order valence-corrected chi connectivity index (χ2v) is 6.92. The second kappa shape index (κ2) is 7.51. The number of hydrogen-bond donors (Lipinski definition) is 1. The Morgan fingerprint density at radius 1 is 0.481 bits per heavy atom. The highest BCUT2D eigenvalue weighted by molar-refractivity contribution is 5.52.